The Kier molecular flexibility index (Phi) is 4.42. The van der Waals surface area contributed by atoms with E-state index in [0.29, 0.717) is 18.1 Å². The highest BCUT2D eigenvalue weighted by Gasteiger charge is 2.20. The quantitative estimate of drug-likeness (QED) is 0.662. The van der Waals surface area contributed by atoms with E-state index >= 15 is 0 Å². The molecule has 74 valence electrons. The van der Waals surface area contributed by atoms with Crippen LogP contribution in [0.4, 0.5) is 0 Å². The van der Waals surface area contributed by atoms with Crippen LogP contribution < -0.4 is 0 Å². The van der Waals surface area contributed by atoms with E-state index in [9.17, 15) is 0 Å². The van der Waals surface area contributed by atoms with Gasteiger partial charge in [0.15, 0.2) is 9.76 Å². The first-order chi connectivity index (χ1) is 6.25. The lowest BCUT2D eigenvalue weighted by Crippen LogP contribution is -2.25. The molecule has 1 rings (SSSR count). The van der Waals surface area contributed by atoms with Gasteiger partial charge < -0.3 is 9.53 Å². The largest absolute Gasteiger partial charge is 0.436 e. The summed E-state index contributed by atoms with van der Waals surface area (Å²) in [6.07, 6.45) is 9.36. The predicted molar refractivity (Wildman–Crippen MR) is 57.1 cm³/mol. The van der Waals surface area contributed by atoms with Gasteiger partial charge >= 0.3 is 0 Å². The average molecular weight is 198 g/mol. The molecule has 0 saturated carbocycles. The van der Waals surface area contributed by atoms with Gasteiger partial charge in [0, 0.05) is 5.92 Å². The van der Waals surface area contributed by atoms with Crippen LogP contribution in [0.2, 0.25) is 0 Å². The van der Waals surface area contributed by atoms with Crippen molar-refractivity contribution in [3.05, 3.63) is 24.3 Å². The fourth-order valence-electron chi connectivity index (χ4n) is 1.50. The summed E-state index contributed by atoms with van der Waals surface area (Å²) in [7, 11) is -0.941. The Bertz CT molecular complexity index is 189. The van der Waals surface area contributed by atoms with Crippen molar-refractivity contribution in [2.24, 2.45) is 11.8 Å². The Morgan fingerprint density at radius 1 is 1.38 bits per heavy atom. The van der Waals surface area contributed by atoms with Crippen LogP contribution in [-0.2, 0) is 4.74 Å². The van der Waals surface area contributed by atoms with Crippen LogP contribution in [-0.4, -0.2) is 26.9 Å². The number of ether oxygens (including phenoxy) is 1. The Balaban J connectivity index is 2.32. The molecule has 2 nitrogen and oxygen atoms in total. The molecule has 0 fully saturated rings. The van der Waals surface area contributed by atoms with Gasteiger partial charge in [0.25, 0.3) is 0 Å². The van der Waals surface area contributed by atoms with E-state index in [4.69, 9.17) is 9.53 Å². The lowest BCUT2D eigenvalue weighted by Gasteiger charge is -2.23. The molecule has 0 aromatic carbocycles. The molecule has 0 aliphatic heterocycles. The third-order valence-corrected chi connectivity index (χ3v) is 3.02. The molecule has 1 aliphatic carbocycles. The van der Waals surface area contributed by atoms with E-state index < -0.39 is 9.76 Å². The van der Waals surface area contributed by atoms with Crippen LogP contribution in [0.5, 0.6) is 0 Å². The summed E-state index contributed by atoms with van der Waals surface area (Å²) in [5.74, 6) is 1.01. The lowest BCUT2D eigenvalue weighted by atomic mass is 9.91. The highest BCUT2D eigenvalue weighted by Crippen LogP contribution is 2.23. The van der Waals surface area contributed by atoms with Crippen LogP contribution in [0.3, 0.4) is 0 Å². The van der Waals surface area contributed by atoms with E-state index in [1.807, 2.05) is 0 Å². The highest BCUT2D eigenvalue weighted by atomic mass is 28.2. The van der Waals surface area contributed by atoms with Gasteiger partial charge in [-0.15, -0.1) is 0 Å². The highest BCUT2D eigenvalue weighted by molar-refractivity contribution is 6.24. The van der Waals surface area contributed by atoms with Gasteiger partial charge in [0.05, 0.1) is 12.3 Å². The zero-order valence-corrected chi connectivity index (χ0v) is 9.73. The molecule has 1 aliphatic rings. The van der Waals surface area contributed by atoms with Crippen molar-refractivity contribution in [2.45, 2.75) is 20.0 Å². The Hall–Kier alpha value is -0.383. The molecular formula is C10H18O2Si. The monoisotopic (exact) mass is 198 g/mol. The first-order valence-corrected chi connectivity index (χ1v) is 6.46. The second kappa shape index (κ2) is 5.37. The molecular weight excluding hydrogens is 180 g/mol. The van der Waals surface area contributed by atoms with Crippen molar-refractivity contribution >= 4 is 9.76 Å². The van der Waals surface area contributed by atoms with Gasteiger partial charge in [-0.25, -0.2) is 0 Å². The third kappa shape index (κ3) is 3.10. The maximum absolute atomic E-state index is 8.75. The minimum atomic E-state index is -0.941. The topological polar surface area (TPSA) is 29.5 Å². The van der Waals surface area contributed by atoms with Gasteiger partial charge in [0.2, 0.25) is 0 Å². The second-order valence-corrected chi connectivity index (χ2v) is 4.36. The molecule has 2 unspecified atom stereocenters. The van der Waals surface area contributed by atoms with Gasteiger partial charge in [-0.05, 0) is 12.8 Å². The van der Waals surface area contributed by atoms with Crippen LogP contribution in [0.1, 0.15) is 13.8 Å². The van der Waals surface area contributed by atoms with E-state index in [1.165, 1.54) is 0 Å². The summed E-state index contributed by atoms with van der Waals surface area (Å²) >= 11 is 0. The van der Waals surface area contributed by atoms with Gasteiger partial charge in [0.1, 0.15) is 0 Å². The third-order valence-electron chi connectivity index (χ3n) is 2.60. The van der Waals surface area contributed by atoms with Crippen molar-refractivity contribution in [1.29, 1.82) is 0 Å². The summed E-state index contributed by atoms with van der Waals surface area (Å²) in [5, 5.41) is 0. The van der Waals surface area contributed by atoms with Crippen LogP contribution in [0.25, 0.3) is 0 Å². The zero-order chi connectivity index (χ0) is 9.68. The maximum Gasteiger partial charge on any atom is 0.182 e. The number of rotatable bonds is 5. The first kappa shape index (κ1) is 10.7. The molecule has 2 atom stereocenters. The first-order valence-electron chi connectivity index (χ1n) is 4.83. The standard InChI is InChI=1S/C10H18O2Si/c1-8(9(2)12-7-13-11)10-5-3-4-6-10/h3-6,8-11H,7,13H2,1-2H3. The lowest BCUT2D eigenvalue weighted by molar-refractivity contribution is 0.0473. The molecule has 1 N–H and O–H groups in total. The molecule has 0 bridgehead atoms. The fraction of sp³-hybridized carbons (Fsp3) is 0.600. The molecule has 0 heterocycles. The number of hydrogen-bond acceptors (Lipinski definition) is 2. The van der Waals surface area contributed by atoms with Crippen LogP contribution in [0, 0.1) is 11.8 Å². The fourth-order valence-corrected chi connectivity index (χ4v) is 1.98. The van der Waals surface area contributed by atoms with Crippen molar-refractivity contribution < 1.29 is 9.53 Å². The van der Waals surface area contributed by atoms with Gasteiger partial charge in [-0.2, -0.15) is 0 Å². The van der Waals surface area contributed by atoms with Crippen LogP contribution >= 0.6 is 0 Å². The second-order valence-electron chi connectivity index (χ2n) is 3.51. The van der Waals surface area contributed by atoms with E-state index in [2.05, 4.69) is 38.2 Å². The molecule has 13 heavy (non-hydrogen) atoms. The van der Waals surface area contributed by atoms with E-state index in [0.717, 1.165) is 0 Å². The van der Waals surface area contributed by atoms with E-state index in [1.54, 1.807) is 0 Å². The summed E-state index contributed by atoms with van der Waals surface area (Å²) in [6.45, 7) is 4.27. The summed E-state index contributed by atoms with van der Waals surface area (Å²) in [4.78, 5) is 8.75. The van der Waals surface area contributed by atoms with Crippen molar-refractivity contribution in [2.75, 3.05) is 6.23 Å². The number of allylic oxidation sites excluding steroid dienone is 4. The molecule has 0 saturated heterocycles. The minimum Gasteiger partial charge on any atom is -0.436 e. The molecule has 0 aromatic rings. The Labute approximate surface area is 82.2 Å². The average Bonchev–Trinajstić information content (AvgIpc) is 2.65. The van der Waals surface area contributed by atoms with Crippen LogP contribution in [0.15, 0.2) is 24.3 Å². The molecule has 0 radical (unpaired) electrons. The summed E-state index contributed by atoms with van der Waals surface area (Å²) in [5.41, 5.74) is 0. The number of hydrogen-bond donors (Lipinski definition) is 1. The smallest absolute Gasteiger partial charge is 0.182 e. The van der Waals surface area contributed by atoms with E-state index in [-0.39, 0.29) is 6.10 Å². The molecule has 0 aromatic heterocycles. The maximum atomic E-state index is 8.75. The molecule has 3 heteroatoms. The van der Waals surface area contributed by atoms with Gasteiger partial charge in [-0.1, -0.05) is 31.2 Å². The van der Waals surface area contributed by atoms with Crippen molar-refractivity contribution in [3.8, 4) is 0 Å². The molecule has 0 amide bonds. The van der Waals surface area contributed by atoms with Crippen molar-refractivity contribution in [3.63, 3.8) is 0 Å². The molecule has 0 spiro atoms. The van der Waals surface area contributed by atoms with Gasteiger partial charge in [-0.3, -0.25) is 0 Å². The normalized spacial score (nSPS) is 21.8. The summed E-state index contributed by atoms with van der Waals surface area (Å²) < 4.78 is 5.51. The Morgan fingerprint density at radius 3 is 2.54 bits per heavy atom. The summed E-state index contributed by atoms with van der Waals surface area (Å²) in [6, 6.07) is 0. The SMILES string of the molecule is CC(OC[SiH2]O)C(C)C1C=CC=C1. The minimum absolute atomic E-state index is 0.233. The Morgan fingerprint density at radius 2 is 2.00 bits per heavy atom. The van der Waals surface area contributed by atoms with Crippen molar-refractivity contribution in [1.82, 2.24) is 0 Å². The predicted octanol–water partition coefficient (Wildman–Crippen LogP) is 0.803. The zero-order valence-electron chi connectivity index (χ0n) is 8.31.